The van der Waals surface area contributed by atoms with Gasteiger partial charge in [0.15, 0.2) is 11.5 Å². The first-order valence-corrected chi connectivity index (χ1v) is 7.01. The Morgan fingerprint density at radius 2 is 2.16 bits per heavy atom. The Hall–Kier alpha value is -1.69. The van der Waals surface area contributed by atoms with Crippen LogP contribution in [0.25, 0.3) is 0 Å². The maximum Gasteiger partial charge on any atom is 0.162 e. The molecule has 2 aliphatic rings. The van der Waals surface area contributed by atoms with Gasteiger partial charge in [-0.3, -0.25) is 0 Å². The predicted molar refractivity (Wildman–Crippen MR) is 72.1 cm³/mol. The van der Waals surface area contributed by atoms with Gasteiger partial charge in [0, 0.05) is 6.07 Å². The molecule has 0 spiro atoms. The Bertz CT molecular complexity index is 506. The van der Waals surface area contributed by atoms with E-state index in [0.717, 1.165) is 24.2 Å². The highest BCUT2D eigenvalue weighted by Crippen LogP contribution is 2.48. The topological polar surface area (TPSA) is 42.2 Å². The molecule has 0 heterocycles. The van der Waals surface area contributed by atoms with Crippen molar-refractivity contribution in [1.82, 2.24) is 0 Å². The van der Waals surface area contributed by atoms with E-state index in [1.165, 1.54) is 25.7 Å². The second kappa shape index (κ2) is 5.13. The molecule has 100 valence electrons. The molecule has 3 rings (SSSR count). The van der Waals surface area contributed by atoms with Crippen LogP contribution in [0.15, 0.2) is 18.2 Å². The van der Waals surface area contributed by atoms with E-state index in [4.69, 9.17) is 14.7 Å². The summed E-state index contributed by atoms with van der Waals surface area (Å²) in [6.07, 6.45) is 5.52. The van der Waals surface area contributed by atoms with Crippen LogP contribution in [-0.2, 0) is 0 Å². The van der Waals surface area contributed by atoms with Gasteiger partial charge in [-0.15, -0.1) is 0 Å². The summed E-state index contributed by atoms with van der Waals surface area (Å²) in [5.74, 6) is 3.93. The van der Waals surface area contributed by atoms with Crippen LogP contribution in [0, 0.1) is 29.1 Å². The first-order valence-electron chi connectivity index (χ1n) is 7.01. The predicted octanol–water partition coefficient (Wildman–Crippen LogP) is 3.38. The number of nitriles is 1. The van der Waals surface area contributed by atoms with E-state index in [-0.39, 0.29) is 0 Å². The monoisotopic (exact) mass is 257 g/mol. The van der Waals surface area contributed by atoms with Crippen LogP contribution in [0.3, 0.4) is 0 Å². The molecule has 0 radical (unpaired) electrons. The van der Waals surface area contributed by atoms with Gasteiger partial charge in [0.1, 0.15) is 0 Å². The average Bonchev–Trinajstić information content (AvgIpc) is 3.07. The second-order valence-electron chi connectivity index (χ2n) is 5.72. The van der Waals surface area contributed by atoms with Crippen molar-refractivity contribution < 1.29 is 9.47 Å². The van der Waals surface area contributed by atoms with E-state index in [1.54, 1.807) is 19.2 Å². The van der Waals surface area contributed by atoms with E-state index >= 15 is 0 Å². The van der Waals surface area contributed by atoms with E-state index in [0.29, 0.717) is 17.2 Å². The van der Waals surface area contributed by atoms with Gasteiger partial charge in [-0.25, -0.2) is 0 Å². The van der Waals surface area contributed by atoms with Crippen molar-refractivity contribution in [1.29, 1.82) is 5.26 Å². The van der Waals surface area contributed by atoms with Crippen LogP contribution in [0.1, 0.15) is 31.2 Å². The largest absolute Gasteiger partial charge is 0.493 e. The first kappa shape index (κ1) is 12.3. The number of hydrogen-bond donors (Lipinski definition) is 0. The Labute approximate surface area is 114 Å². The fraction of sp³-hybridized carbons (Fsp3) is 0.562. The van der Waals surface area contributed by atoms with Crippen LogP contribution in [0.2, 0.25) is 0 Å². The quantitative estimate of drug-likeness (QED) is 0.830. The second-order valence-corrected chi connectivity index (χ2v) is 5.72. The normalized spacial score (nSPS) is 28.1. The maximum absolute atomic E-state index is 8.88. The summed E-state index contributed by atoms with van der Waals surface area (Å²) >= 11 is 0. The molecule has 19 heavy (non-hydrogen) atoms. The maximum atomic E-state index is 8.88. The standard InChI is InChI=1S/C16H19NO2/c1-18-16-8-12(9-17)3-5-15(16)19-10-14-7-11-2-4-13(14)6-11/h3,5,8,11,13-14H,2,4,6-7,10H2,1H3. The number of hydrogen-bond acceptors (Lipinski definition) is 3. The fourth-order valence-corrected chi connectivity index (χ4v) is 3.63. The fourth-order valence-electron chi connectivity index (χ4n) is 3.63. The van der Waals surface area contributed by atoms with Crippen molar-refractivity contribution in [3.05, 3.63) is 23.8 Å². The van der Waals surface area contributed by atoms with Crippen LogP contribution >= 0.6 is 0 Å². The SMILES string of the molecule is COc1cc(C#N)ccc1OCC1CC2CCC1C2. The summed E-state index contributed by atoms with van der Waals surface area (Å²) in [7, 11) is 1.61. The van der Waals surface area contributed by atoms with Crippen molar-refractivity contribution in [3.63, 3.8) is 0 Å². The van der Waals surface area contributed by atoms with E-state index in [9.17, 15) is 0 Å². The van der Waals surface area contributed by atoms with Gasteiger partial charge in [-0.2, -0.15) is 5.26 Å². The Kier molecular flexibility index (Phi) is 3.33. The summed E-state index contributed by atoms with van der Waals surface area (Å²) in [6, 6.07) is 7.46. The minimum Gasteiger partial charge on any atom is -0.493 e. The van der Waals surface area contributed by atoms with E-state index in [2.05, 4.69) is 6.07 Å². The highest BCUT2D eigenvalue weighted by molar-refractivity contribution is 5.46. The van der Waals surface area contributed by atoms with Crippen LogP contribution < -0.4 is 9.47 Å². The molecule has 0 N–H and O–H groups in total. The molecule has 1 aromatic carbocycles. The average molecular weight is 257 g/mol. The van der Waals surface area contributed by atoms with Gasteiger partial charge < -0.3 is 9.47 Å². The first-order chi connectivity index (χ1) is 9.30. The van der Waals surface area contributed by atoms with Gasteiger partial charge >= 0.3 is 0 Å². The van der Waals surface area contributed by atoms with Gasteiger partial charge in [-0.05, 0) is 49.1 Å². The van der Waals surface area contributed by atoms with Crippen molar-refractivity contribution in [2.75, 3.05) is 13.7 Å². The summed E-state index contributed by atoms with van der Waals surface area (Å²) in [6.45, 7) is 0.781. The minimum absolute atomic E-state index is 0.601. The molecular formula is C16H19NO2. The highest BCUT2D eigenvalue weighted by atomic mass is 16.5. The van der Waals surface area contributed by atoms with Gasteiger partial charge in [0.2, 0.25) is 0 Å². The minimum atomic E-state index is 0.601. The molecule has 0 amide bonds. The van der Waals surface area contributed by atoms with Crippen molar-refractivity contribution in [3.8, 4) is 17.6 Å². The summed E-state index contributed by atoms with van der Waals surface area (Å²) < 4.78 is 11.2. The number of fused-ring (bicyclic) bond motifs is 2. The number of ether oxygens (including phenoxy) is 2. The molecule has 3 heteroatoms. The molecule has 3 nitrogen and oxygen atoms in total. The van der Waals surface area contributed by atoms with Crippen LogP contribution in [0.4, 0.5) is 0 Å². The lowest BCUT2D eigenvalue weighted by Crippen LogP contribution is -2.18. The summed E-state index contributed by atoms with van der Waals surface area (Å²) in [5, 5.41) is 8.88. The molecular weight excluding hydrogens is 238 g/mol. The van der Waals surface area contributed by atoms with Crippen molar-refractivity contribution in [2.45, 2.75) is 25.7 Å². The third kappa shape index (κ3) is 2.40. The Balaban J connectivity index is 1.65. The lowest BCUT2D eigenvalue weighted by atomic mass is 9.89. The lowest BCUT2D eigenvalue weighted by molar-refractivity contribution is 0.190. The molecule has 3 unspecified atom stereocenters. The van der Waals surface area contributed by atoms with Crippen molar-refractivity contribution >= 4 is 0 Å². The zero-order valence-corrected chi connectivity index (χ0v) is 11.3. The number of rotatable bonds is 4. The number of methoxy groups -OCH3 is 1. The van der Waals surface area contributed by atoms with Gasteiger partial charge in [0.05, 0.1) is 25.3 Å². The smallest absolute Gasteiger partial charge is 0.162 e. The van der Waals surface area contributed by atoms with Crippen molar-refractivity contribution in [2.24, 2.45) is 17.8 Å². The van der Waals surface area contributed by atoms with Gasteiger partial charge in [0.25, 0.3) is 0 Å². The van der Waals surface area contributed by atoms with E-state index < -0.39 is 0 Å². The van der Waals surface area contributed by atoms with Crippen LogP contribution in [0.5, 0.6) is 11.5 Å². The molecule has 2 saturated carbocycles. The summed E-state index contributed by atoms with van der Waals surface area (Å²) in [5.41, 5.74) is 0.601. The third-order valence-electron chi connectivity index (χ3n) is 4.63. The molecule has 0 aromatic heterocycles. The number of benzene rings is 1. The molecule has 2 fully saturated rings. The third-order valence-corrected chi connectivity index (χ3v) is 4.63. The molecule has 2 aliphatic carbocycles. The Morgan fingerprint density at radius 1 is 1.26 bits per heavy atom. The van der Waals surface area contributed by atoms with Crippen LogP contribution in [-0.4, -0.2) is 13.7 Å². The summed E-state index contributed by atoms with van der Waals surface area (Å²) in [4.78, 5) is 0. The molecule has 0 aliphatic heterocycles. The van der Waals surface area contributed by atoms with E-state index in [1.807, 2.05) is 6.07 Å². The Morgan fingerprint density at radius 3 is 2.79 bits per heavy atom. The molecule has 0 saturated heterocycles. The molecule has 1 aromatic rings. The number of nitrogens with zero attached hydrogens (tertiary/aromatic N) is 1. The zero-order valence-electron chi connectivity index (χ0n) is 11.3. The highest BCUT2D eigenvalue weighted by Gasteiger charge is 2.39. The molecule has 3 atom stereocenters. The molecule has 2 bridgehead atoms. The lowest BCUT2D eigenvalue weighted by Gasteiger charge is -2.22. The van der Waals surface area contributed by atoms with Gasteiger partial charge in [-0.1, -0.05) is 6.42 Å². The zero-order chi connectivity index (χ0) is 13.2.